The molecule has 5 nitrogen and oxygen atoms in total. The summed E-state index contributed by atoms with van der Waals surface area (Å²) in [6.07, 6.45) is 7.49. The fraction of sp³-hybridized carbons (Fsp3) is 0.750. The molecular formula is C12H18N4O. The van der Waals surface area contributed by atoms with E-state index in [-0.39, 0.29) is 11.7 Å². The van der Waals surface area contributed by atoms with Gasteiger partial charge in [-0.15, -0.1) is 5.10 Å². The van der Waals surface area contributed by atoms with Crippen LogP contribution in [0.5, 0.6) is 0 Å². The molecular weight excluding hydrogens is 216 g/mol. The SMILES string of the molecule is O=C(c1cn(C2CNC2)nn1)C1CCCCC1. The molecule has 0 bridgehead atoms. The zero-order valence-corrected chi connectivity index (χ0v) is 9.93. The molecule has 1 aliphatic carbocycles. The Hall–Kier alpha value is -1.23. The standard InChI is InChI=1S/C12H18N4O/c17-12(9-4-2-1-3-5-9)11-8-16(15-14-11)10-6-13-7-10/h8-10,13H,1-7H2. The summed E-state index contributed by atoms with van der Waals surface area (Å²) in [6.45, 7) is 1.86. The average Bonchev–Trinajstić information content (AvgIpc) is 2.76. The van der Waals surface area contributed by atoms with Crippen LogP contribution in [0.4, 0.5) is 0 Å². The highest BCUT2D eigenvalue weighted by atomic mass is 16.1. The summed E-state index contributed by atoms with van der Waals surface area (Å²) in [7, 11) is 0. The van der Waals surface area contributed by atoms with E-state index in [0.29, 0.717) is 11.7 Å². The number of hydrogen-bond acceptors (Lipinski definition) is 4. The molecule has 1 aromatic rings. The molecule has 92 valence electrons. The van der Waals surface area contributed by atoms with Gasteiger partial charge in [-0.3, -0.25) is 4.79 Å². The predicted molar refractivity (Wildman–Crippen MR) is 62.8 cm³/mol. The lowest BCUT2D eigenvalue weighted by atomic mass is 9.85. The van der Waals surface area contributed by atoms with Crippen LogP contribution in [0, 0.1) is 5.92 Å². The van der Waals surface area contributed by atoms with Gasteiger partial charge in [0.25, 0.3) is 0 Å². The van der Waals surface area contributed by atoms with Crippen LogP contribution >= 0.6 is 0 Å². The van der Waals surface area contributed by atoms with Gasteiger partial charge in [0.15, 0.2) is 5.78 Å². The fourth-order valence-corrected chi connectivity index (χ4v) is 2.60. The molecule has 1 N–H and O–H groups in total. The zero-order valence-electron chi connectivity index (χ0n) is 9.93. The van der Waals surface area contributed by atoms with E-state index in [1.165, 1.54) is 19.3 Å². The first-order chi connectivity index (χ1) is 8.34. The third-order valence-electron chi connectivity index (χ3n) is 3.87. The Labute approximate surface area is 101 Å². The fourth-order valence-electron chi connectivity index (χ4n) is 2.60. The minimum Gasteiger partial charge on any atom is -0.312 e. The first-order valence-electron chi connectivity index (χ1n) is 6.51. The predicted octanol–water partition coefficient (Wildman–Crippen LogP) is 1.19. The number of nitrogens with one attached hydrogen (secondary N) is 1. The Morgan fingerprint density at radius 1 is 1.29 bits per heavy atom. The molecule has 0 atom stereocenters. The number of hydrogen-bond donors (Lipinski definition) is 1. The summed E-state index contributed by atoms with van der Waals surface area (Å²) >= 11 is 0. The highest BCUT2D eigenvalue weighted by Gasteiger charge is 2.26. The van der Waals surface area contributed by atoms with E-state index < -0.39 is 0 Å². The molecule has 1 aromatic heterocycles. The van der Waals surface area contributed by atoms with Gasteiger partial charge in [-0.1, -0.05) is 24.5 Å². The summed E-state index contributed by atoms with van der Waals surface area (Å²) in [6, 6.07) is 0.385. The van der Waals surface area contributed by atoms with Crippen molar-refractivity contribution in [1.82, 2.24) is 20.3 Å². The molecule has 5 heteroatoms. The van der Waals surface area contributed by atoms with Gasteiger partial charge in [0.05, 0.1) is 12.2 Å². The van der Waals surface area contributed by atoms with Crippen LogP contribution < -0.4 is 5.32 Å². The Morgan fingerprint density at radius 3 is 2.71 bits per heavy atom. The van der Waals surface area contributed by atoms with E-state index >= 15 is 0 Å². The molecule has 0 aromatic carbocycles. The van der Waals surface area contributed by atoms with Crippen molar-refractivity contribution < 1.29 is 4.79 Å². The lowest BCUT2D eigenvalue weighted by molar-refractivity contribution is 0.0884. The third kappa shape index (κ3) is 2.11. The second kappa shape index (κ2) is 4.56. The Balaban J connectivity index is 1.69. The molecule has 0 spiro atoms. The van der Waals surface area contributed by atoms with Crippen LogP contribution in [0.3, 0.4) is 0 Å². The van der Waals surface area contributed by atoms with Crippen LogP contribution in [0.15, 0.2) is 6.20 Å². The highest BCUT2D eigenvalue weighted by molar-refractivity contribution is 5.95. The minimum absolute atomic E-state index is 0.188. The van der Waals surface area contributed by atoms with Gasteiger partial charge in [-0.2, -0.15) is 0 Å². The van der Waals surface area contributed by atoms with Gasteiger partial charge in [-0.05, 0) is 12.8 Å². The number of carbonyl (C=O) groups excluding carboxylic acids is 1. The van der Waals surface area contributed by atoms with Crippen LogP contribution in [0.1, 0.15) is 48.6 Å². The van der Waals surface area contributed by atoms with E-state index in [1.807, 2.05) is 10.9 Å². The Kier molecular flexibility index (Phi) is 2.93. The topological polar surface area (TPSA) is 59.8 Å². The summed E-state index contributed by atoms with van der Waals surface area (Å²) in [5.74, 6) is 0.386. The van der Waals surface area contributed by atoms with Gasteiger partial charge in [0.1, 0.15) is 5.69 Å². The second-order valence-corrected chi connectivity index (χ2v) is 5.10. The van der Waals surface area contributed by atoms with Crippen LogP contribution in [0.2, 0.25) is 0 Å². The largest absolute Gasteiger partial charge is 0.312 e. The van der Waals surface area contributed by atoms with Crippen molar-refractivity contribution in [2.75, 3.05) is 13.1 Å². The van der Waals surface area contributed by atoms with Gasteiger partial charge in [-0.25, -0.2) is 4.68 Å². The maximum atomic E-state index is 12.2. The number of carbonyl (C=O) groups is 1. The van der Waals surface area contributed by atoms with E-state index in [1.54, 1.807) is 0 Å². The lowest BCUT2D eigenvalue weighted by Gasteiger charge is -2.26. The van der Waals surface area contributed by atoms with E-state index in [9.17, 15) is 4.79 Å². The molecule has 3 rings (SSSR count). The summed E-state index contributed by atoms with van der Waals surface area (Å²) < 4.78 is 1.83. The third-order valence-corrected chi connectivity index (χ3v) is 3.87. The van der Waals surface area contributed by atoms with Gasteiger partial charge < -0.3 is 5.32 Å². The van der Waals surface area contributed by atoms with Crippen molar-refractivity contribution in [3.8, 4) is 0 Å². The van der Waals surface area contributed by atoms with Crippen molar-refractivity contribution >= 4 is 5.78 Å². The smallest absolute Gasteiger partial charge is 0.187 e. The van der Waals surface area contributed by atoms with Crippen molar-refractivity contribution in [1.29, 1.82) is 0 Å². The van der Waals surface area contributed by atoms with Crippen molar-refractivity contribution in [2.45, 2.75) is 38.1 Å². The second-order valence-electron chi connectivity index (χ2n) is 5.10. The van der Waals surface area contributed by atoms with E-state index in [4.69, 9.17) is 0 Å². The monoisotopic (exact) mass is 234 g/mol. The molecule has 17 heavy (non-hydrogen) atoms. The van der Waals surface area contributed by atoms with E-state index in [0.717, 1.165) is 25.9 Å². The maximum Gasteiger partial charge on any atom is 0.187 e. The van der Waals surface area contributed by atoms with Crippen molar-refractivity contribution in [3.05, 3.63) is 11.9 Å². The van der Waals surface area contributed by atoms with Gasteiger partial charge in [0, 0.05) is 19.0 Å². The molecule has 0 radical (unpaired) electrons. The summed E-state index contributed by atoms with van der Waals surface area (Å²) in [4.78, 5) is 12.2. The average molecular weight is 234 g/mol. The van der Waals surface area contributed by atoms with Crippen molar-refractivity contribution in [2.24, 2.45) is 5.92 Å². The Morgan fingerprint density at radius 2 is 2.06 bits per heavy atom. The molecule has 0 unspecified atom stereocenters. The van der Waals surface area contributed by atoms with Crippen LogP contribution in [0.25, 0.3) is 0 Å². The molecule has 1 saturated carbocycles. The Bertz CT molecular complexity index is 404. The highest BCUT2D eigenvalue weighted by Crippen LogP contribution is 2.26. The van der Waals surface area contributed by atoms with Crippen LogP contribution in [-0.4, -0.2) is 33.9 Å². The zero-order chi connectivity index (χ0) is 11.7. The normalized spacial score (nSPS) is 22.4. The first kappa shape index (κ1) is 10.9. The molecule has 0 amide bonds. The van der Waals surface area contributed by atoms with Crippen LogP contribution in [-0.2, 0) is 0 Å². The summed E-state index contributed by atoms with van der Waals surface area (Å²) in [5.41, 5.74) is 0.559. The molecule has 2 fully saturated rings. The molecule has 2 heterocycles. The van der Waals surface area contributed by atoms with Crippen molar-refractivity contribution in [3.63, 3.8) is 0 Å². The number of Topliss-reactive ketones (excluding diaryl/α,β-unsaturated/α-hetero) is 1. The van der Waals surface area contributed by atoms with Gasteiger partial charge in [0.2, 0.25) is 0 Å². The van der Waals surface area contributed by atoms with E-state index in [2.05, 4.69) is 15.6 Å². The molecule has 1 saturated heterocycles. The number of ketones is 1. The number of aromatic nitrogens is 3. The first-order valence-corrected chi connectivity index (χ1v) is 6.51. The van der Waals surface area contributed by atoms with Gasteiger partial charge >= 0.3 is 0 Å². The quantitative estimate of drug-likeness (QED) is 0.798. The minimum atomic E-state index is 0.188. The number of rotatable bonds is 3. The molecule has 1 aliphatic heterocycles. The lowest BCUT2D eigenvalue weighted by Crippen LogP contribution is -2.43. The number of nitrogens with zero attached hydrogens (tertiary/aromatic N) is 3. The molecule has 2 aliphatic rings. The maximum absolute atomic E-state index is 12.2. The summed E-state index contributed by atoms with van der Waals surface area (Å²) in [5, 5.41) is 11.3.